The fourth-order valence-corrected chi connectivity index (χ4v) is 4.12. The van der Waals surface area contributed by atoms with Crippen LogP contribution in [0, 0.1) is 18.7 Å². The lowest BCUT2D eigenvalue weighted by Gasteiger charge is -2.25. The minimum absolute atomic E-state index is 0.0444. The minimum atomic E-state index is -1.34. The summed E-state index contributed by atoms with van der Waals surface area (Å²) in [5.74, 6) is -1.80. The first-order valence-corrected chi connectivity index (χ1v) is 9.12. The lowest BCUT2D eigenvalue weighted by Crippen LogP contribution is -2.29. The number of hydrogen-bond acceptors (Lipinski definition) is 5. The van der Waals surface area contributed by atoms with Gasteiger partial charge >= 0.3 is 5.97 Å². The predicted molar refractivity (Wildman–Crippen MR) is 102 cm³/mol. The Morgan fingerprint density at radius 3 is 2.52 bits per heavy atom. The molecule has 0 amide bonds. The van der Waals surface area contributed by atoms with Gasteiger partial charge in [0.05, 0.1) is 22.3 Å². The fraction of sp³-hybridized carbons (Fsp3) is 0.474. The Balaban J connectivity index is 2.07. The maximum absolute atomic E-state index is 15.3. The average molecular weight is 374 g/mol. The van der Waals surface area contributed by atoms with Crippen LogP contribution in [0.4, 0.5) is 15.8 Å². The summed E-state index contributed by atoms with van der Waals surface area (Å²) in [6, 6.07) is 0.0307. The molecule has 2 heterocycles. The van der Waals surface area contributed by atoms with Crippen LogP contribution in [0.25, 0.3) is 10.9 Å². The van der Waals surface area contributed by atoms with Crippen molar-refractivity contribution in [2.75, 3.05) is 23.7 Å². The molecule has 2 fully saturated rings. The summed E-state index contributed by atoms with van der Waals surface area (Å²) >= 11 is 0. The van der Waals surface area contributed by atoms with Crippen molar-refractivity contribution in [3.05, 3.63) is 33.4 Å². The Kier molecular flexibility index (Phi) is 3.92. The smallest absolute Gasteiger partial charge is 0.341 e. The van der Waals surface area contributed by atoms with Crippen molar-refractivity contribution in [2.24, 2.45) is 11.7 Å². The van der Waals surface area contributed by atoms with E-state index < -0.39 is 17.2 Å². The predicted octanol–water partition coefficient (Wildman–Crippen LogP) is 1.85. The summed E-state index contributed by atoms with van der Waals surface area (Å²) in [6.07, 6.45) is 3.14. The number of nitrogen functional groups attached to an aromatic ring is 1. The lowest BCUT2D eigenvalue weighted by atomic mass is 10.0. The van der Waals surface area contributed by atoms with Crippen LogP contribution in [-0.4, -0.2) is 34.8 Å². The Labute approximate surface area is 155 Å². The Morgan fingerprint density at radius 2 is 2.00 bits per heavy atom. The third-order valence-corrected chi connectivity index (χ3v) is 5.82. The molecule has 7 nitrogen and oxygen atoms in total. The highest BCUT2D eigenvalue weighted by atomic mass is 19.1. The molecule has 2 atom stereocenters. The Hall–Kier alpha value is -2.61. The molecule has 1 saturated carbocycles. The van der Waals surface area contributed by atoms with Crippen LogP contribution in [0.3, 0.4) is 0 Å². The second kappa shape index (κ2) is 5.95. The second-order valence-corrected chi connectivity index (χ2v) is 7.79. The number of rotatable bonds is 3. The van der Waals surface area contributed by atoms with Gasteiger partial charge in [0.15, 0.2) is 5.82 Å². The zero-order valence-corrected chi connectivity index (χ0v) is 15.3. The number of carboxylic acid groups (broad SMARTS) is 1. The van der Waals surface area contributed by atoms with Gasteiger partial charge in [0.1, 0.15) is 5.56 Å². The number of aryl methyl sites for hydroxylation is 1. The number of aromatic carboxylic acids is 1. The molecule has 5 N–H and O–H groups in total. The number of carbonyl (C=O) groups is 1. The molecule has 144 valence electrons. The van der Waals surface area contributed by atoms with Crippen LogP contribution >= 0.6 is 0 Å². The van der Waals surface area contributed by atoms with Crippen molar-refractivity contribution < 1.29 is 14.3 Å². The van der Waals surface area contributed by atoms with E-state index in [-0.39, 0.29) is 34.6 Å². The zero-order valence-electron chi connectivity index (χ0n) is 15.3. The third-order valence-electron chi connectivity index (χ3n) is 5.82. The van der Waals surface area contributed by atoms with Crippen LogP contribution in [0.2, 0.25) is 0 Å². The maximum Gasteiger partial charge on any atom is 0.341 e. The second-order valence-electron chi connectivity index (χ2n) is 7.79. The topological polar surface area (TPSA) is 115 Å². The molecule has 0 bridgehead atoms. The summed E-state index contributed by atoms with van der Waals surface area (Å²) < 4.78 is 17.0. The molecular weight excluding hydrogens is 351 g/mol. The summed E-state index contributed by atoms with van der Waals surface area (Å²) in [6.45, 7) is 4.88. The van der Waals surface area contributed by atoms with Crippen molar-refractivity contribution in [1.82, 2.24) is 4.57 Å². The van der Waals surface area contributed by atoms with Gasteiger partial charge in [-0.1, -0.05) is 6.92 Å². The van der Waals surface area contributed by atoms with E-state index in [9.17, 15) is 14.7 Å². The maximum atomic E-state index is 15.3. The van der Waals surface area contributed by atoms with E-state index in [4.69, 9.17) is 11.5 Å². The van der Waals surface area contributed by atoms with E-state index in [2.05, 4.69) is 0 Å². The van der Waals surface area contributed by atoms with Crippen molar-refractivity contribution in [3.63, 3.8) is 0 Å². The Morgan fingerprint density at radius 1 is 1.33 bits per heavy atom. The van der Waals surface area contributed by atoms with Gasteiger partial charge in [0.25, 0.3) is 0 Å². The quantitative estimate of drug-likeness (QED) is 0.707. The normalized spacial score (nSPS) is 22.6. The molecule has 27 heavy (non-hydrogen) atoms. The van der Waals surface area contributed by atoms with Crippen molar-refractivity contribution in [3.8, 4) is 0 Å². The molecule has 0 radical (unpaired) electrons. The molecular formula is C19H23FN4O3. The largest absolute Gasteiger partial charge is 0.477 e. The van der Waals surface area contributed by atoms with E-state index in [1.54, 1.807) is 11.5 Å². The van der Waals surface area contributed by atoms with Crippen LogP contribution in [-0.2, 0) is 0 Å². The molecule has 2 aromatic rings. The van der Waals surface area contributed by atoms with Crippen LogP contribution in [0.15, 0.2) is 11.0 Å². The highest BCUT2D eigenvalue weighted by Gasteiger charge is 2.34. The lowest BCUT2D eigenvalue weighted by molar-refractivity contribution is 0.0695. The summed E-state index contributed by atoms with van der Waals surface area (Å²) in [5.41, 5.74) is 12.2. The molecule has 1 aromatic carbocycles. The van der Waals surface area contributed by atoms with Gasteiger partial charge in [-0.3, -0.25) is 4.79 Å². The van der Waals surface area contributed by atoms with Gasteiger partial charge in [-0.15, -0.1) is 0 Å². The number of benzene rings is 1. The molecule has 0 unspecified atom stereocenters. The van der Waals surface area contributed by atoms with Crippen molar-refractivity contribution in [2.45, 2.75) is 38.8 Å². The SMILES string of the molecule is Cc1c(N2C[C@@H](C)[C@@H](N)C2)c(F)c(N)c2c(=O)c(C(=O)O)cn(C3CC3)c12. The number of nitrogens with zero attached hydrogens (tertiary/aromatic N) is 2. The molecule has 2 aliphatic rings. The Bertz CT molecular complexity index is 1020. The first-order valence-electron chi connectivity index (χ1n) is 9.12. The van der Waals surface area contributed by atoms with E-state index in [1.807, 2.05) is 11.8 Å². The third kappa shape index (κ3) is 2.58. The van der Waals surface area contributed by atoms with E-state index >= 15 is 4.39 Å². The zero-order chi connectivity index (χ0) is 19.6. The number of fused-ring (bicyclic) bond motifs is 1. The first kappa shape index (κ1) is 17.8. The monoisotopic (exact) mass is 374 g/mol. The number of pyridine rings is 1. The number of nitrogens with two attached hydrogens (primary N) is 2. The van der Waals surface area contributed by atoms with E-state index in [1.165, 1.54) is 6.20 Å². The number of hydrogen-bond donors (Lipinski definition) is 3. The van der Waals surface area contributed by atoms with Gasteiger partial charge in [-0.05, 0) is 31.2 Å². The number of anilines is 2. The van der Waals surface area contributed by atoms with E-state index in [0.717, 1.165) is 12.8 Å². The van der Waals surface area contributed by atoms with Gasteiger partial charge in [-0.2, -0.15) is 0 Å². The van der Waals surface area contributed by atoms with Crippen LogP contribution < -0.4 is 21.8 Å². The highest BCUT2D eigenvalue weighted by molar-refractivity contribution is 6.01. The van der Waals surface area contributed by atoms with Gasteiger partial charge in [0.2, 0.25) is 5.43 Å². The highest BCUT2D eigenvalue weighted by Crippen LogP contribution is 2.42. The summed E-state index contributed by atoms with van der Waals surface area (Å²) in [4.78, 5) is 26.2. The molecule has 1 aliphatic heterocycles. The standard InChI is InChI=1S/C19H23FN4O3/c1-8-5-23(7-12(8)21)17-9(2)16-13(15(22)14(17)20)18(25)11(19(26)27)6-24(16)10-3-4-10/h6,8,10,12H,3-5,7,21-22H2,1-2H3,(H,26,27)/t8-,12+/m1/s1. The minimum Gasteiger partial charge on any atom is -0.477 e. The molecule has 1 saturated heterocycles. The average Bonchev–Trinajstić information content (AvgIpc) is 3.38. The fourth-order valence-electron chi connectivity index (χ4n) is 4.12. The van der Waals surface area contributed by atoms with Gasteiger partial charge < -0.3 is 26.0 Å². The van der Waals surface area contributed by atoms with Gasteiger partial charge in [-0.25, -0.2) is 9.18 Å². The van der Waals surface area contributed by atoms with E-state index in [0.29, 0.717) is 29.9 Å². The van der Waals surface area contributed by atoms with Gasteiger partial charge in [0, 0.05) is 31.4 Å². The van der Waals surface area contributed by atoms with Crippen LogP contribution in [0.1, 0.15) is 41.7 Å². The summed E-state index contributed by atoms with van der Waals surface area (Å²) in [5, 5.41) is 9.35. The molecule has 0 spiro atoms. The summed E-state index contributed by atoms with van der Waals surface area (Å²) in [7, 11) is 0. The van der Waals surface area contributed by atoms with Crippen molar-refractivity contribution >= 4 is 28.2 Å². The first-order chi connectivity index (χ1) is 12.7. The molecule has 1 aliphatic carbocycles. The van der Waals surface area contributed by atoms with Crippen LogP contribution in [0.5, 0.6) is 0 Å². The molecule has 4 rings (SSSR count). The number of carboxylic acids is 1. The van der Waals surface area contributed by atoms with Crippen molar-refractivity contribution in [1.29, 1.82) is 0 Å². The molecule has 1 aromatic heterocycles. The molecule has 8 heteroatoms. The number of halogens is 1. The number of aromatic nitrogens is 1.